The van der Waals surface area contributed by atoms with E-state index in [9.17, 15) is 8.78 Å². The van der Waals surface area contributed by atoms with Gasteiger partial charge in [0.2, 0.25) is 0 Å². The third-order valence-corrected chi connectivity index (χ3v) is 4.14. The normalized spacial score (nSPS) is 25.4. The quantitative estimate of drug-likeness (QED) is 0.853. The number of halogens is 2. The van der Waals surface area contributed by atoms with Crippen LogP contribution in [-0.4, -0.2) is 32.9 Å². The van der Waals surface area contributed by atoms with Gasteiger partial charge in [-0.15, -0.1) is 5.10 Å². The van der Waals surface area contributed by atoms with Gasteiger partial charge in [0.05, 0.1) is 11.6 Å². The van der Waals surface area contributed by atoms with Crippen molar-refractivity contribution in [2.24, 2.45) is 0 Å². The number of hydrogen-bond donors (Lipinski definition) is 1. The summed E-state index contributed by atoms with van der Waals surface area (Å²) in [5.41, 5.74) is 5.66. The predicted octanol–water partition coefficient (Wildman–Crippen LogP) is 1.72. The van der Waals surface area contributed by atoms with Gasteiger partial charge in [0.1, 0.15) is 0 Å². The molecule has 112 valence electrons. The molecule has 1 saturated heterocycles. The molecule has 21 heavy (non-hydrogen) atoms. The Morgan fingerprint density at radius 3 is 2.76 bits per heavy atom. The third-order valence-electron chi connectivity index (χ3n) is 4.14. The molecule has 2 heterocycles. The third kappa shape index (κ3) is 2.06. The Bertz CT molecular complexity index is 689. The van der Waals surface area contributed by atoms with Crippen LogP contribution in [0.1, 0.15) is 20.3 Å². The van der Waals surface area contributed by atoms with E-state index >= 15 is 0 Å². The highest BCUT2D eigenvalue weighted by molar-refractivity contribution is 5.71. The Morgan fingerprint density at radius 2 is 2.10 bits per heavy atom. The first-order valence-electron chi connectivity index (χ1n) is 6.59. The summed E-state index contributed by atoms with van der Waals surface area (Å²) in [5.74, 6) is -1.69. The number of nitrogens with zero attached hydrogens (tertiary/aromatic N) is 4. The summed E-state index contributed by atoms with van der Waals surface area (Å²) in [5, 5.41) is 11.6. The van der Waals surface area contributed by atoms with E-state index in [-0.39, 0.29) is 17.4 Å². The van der Waals surface area contributed by atoms with E-state index < -0.39 is 17.2 Å². The van der Waals surface area contributed by atoms with Gasteiger partial charge in [-0.2, -0.15) is 0 Å². The maximum absolute atomic E-state index is 13.5. The van der Waals surface area contributed by atoms with Crippen LogP contribution in [0.2, 0.25) is 0 Å². The monoisotopic (exact) mass is 295 g/mol. The SMILES string of the molecule is CC1OCCC1(C)n1nnnc1-c1cc(F)c(F)cc1N. The Kier molecular flexibility index (Phi) is 3.12. The molecule has 0 bridgehead atoms. The van der Waals surface area contributed by atoms with Crippen LogP contribution in [0.3, 0.4) is 0 Å². The van der Waals surface area contributed by atoms with Crippen LogP contribution in [0.4, 0.5) is 14.5 Å². The molecule has 2 aromatic rings. The molecule has 1 aromatic heterocycles. The number of aromatic nitrogens is 4. The van der Waals surface area contributed by atoms with Crippen LogP contribution in [0, 0.1) is 11.6 Å². The van der Waals surface area contributed by atoms with E-state index in [1.54, 1.807) is 4.68 Å². The molecular weight excluding hydrogens is 280 g/mol. The summed E-state index contributed by atoms with van der Waals surface area (Å²) in [6.45, 7) is 4.47. The average molecular weight is 295 g/mol. The van der Waals surface area contributed by atoms with Crippen LogP contribution in [0.15, 0.2) is 12.1 Å². The topological polar surface area (TPSA) is 78.8 Å². The fraction of sp³-hybridized carbons (Fsp3) is 0.462. The van der Waals surface area contributed by atoms with Gasteiger partial charge in [0.15, 0.2) is 17.5 Å². The minimum absolute atomic E-state index is 0.0834. The van der Waals surface area contributed by atoms with Crippen molar-refractivity contribution >= 4 is 5.69 Å². The maximum atomic E-state index is 13.5. The van der Waals surface area contributed by atoms with Gasteiger partial charge in [-0.05, 0) is 36.8 Å². The summed E-state index contributed by atoms with van der Waals surface area (Å²) in [7, 11) is 0. The lowest BCUT2D eigenvalue weighted by Crippen LogP contribution is -2.38. The summed E-state index contributed by atoms with van der Waals surface area (Å²) < 4.78 is 33.9. The van der Waals surface area contributed by atoms with Crippen molar-refractivity contribution in [3.63, 3.8) is 0 Å². The Labute approximate surface area is 119 Å². The number of ether oxygens (including phenoxy) is 1. The molecule has 6 nitrogen and oxygen atoms in total. The second-order valence-electron chi connectivity index (χ2n) is 5.39. The van der Waals surface area contributed by atoms with E-state index in [0.717, 1.165) is 18.6 Å². The van der Waals surface area contributed by atoms with Crippen molar-refractivity contribution < 1.29 is 13.5 Å². The molecule has 3 rings (SSSR count). The van der Waals surface area contributed by atoms with Crippen molar-refractivity contribution in [1.82, 2.24) is 20.2 Å². The number of rotatable bonds is 2. The number of nitrogens with two attached hydrogens (primary N) is 1. The summed E-state index contributed by atoms with van der Waals surface area (Å²) in [6.07, 6.45) is 0.613. The number of benzene rings is 1. The van der Waals surface area contributed by atoms with Gasteiger partial charge < -0.3 is 10.5 Å². The average Bonchev–Trinajstić information content (AvgIpc) is 3.03. The largest absolute Gasteiger partial charge is 0.398 e. The van der Waals surface area contributed by atoms with Crippen molar-refractivity contribution in [2.45, 2.75) is 31.9 Å². The molecule has 1 aliphatic rings. The summed E-state index contributed by atoms with van der Waals surface area (Å²) in [6, 6.07) is 1.94. The number of tetrazole rings is 1. The molecule has 8 heteroatoms. The molecule has 0 amide bonds. The Morgan fingerprint density at radius 1 is 1.38 bits per heavy atom. The van der Waals surface area contributed by atoms with E-state index in [0.29, 0.717) is 12.4 Å². The van der Waals surface area contributed by atoms with Gasteiger partial charge >= 0.3 is 0 Å². The standard InChI is InChI=1S/C13H15F2N5O/c1-7-13(2,3-4-21-7)20-12(17-18-19-20)8-5-9(14)10(15)6-11(8)16/h5-7H,3-4,16H2,1-2H3. The maximum Gasteiger partial charge on any atom is 0.184 e. The minimum atomic E-state index is -1.00. The molecule has 0 spiro atoms. The van der Waals surface area contributed by atoms with Crippen LogP contribution >= 0.6 is 0 Å². The minimum Gasteiger partial charge on any atom is -0.398 e. The molecule has 0 radical (unpaired) electrons. The molecule has 1 aliphatic heterocycles. The zero-order chi connectivity index (χ0) is 15.2. The second kappa shape index (κ2) is 4.73. The number of nitrogen functional groups attached to an aromatic ring is 1. The first-order chi connectivity index (χ1) is 9.93. The Hall–Kier alpha value is -2.09. The van der Waals surface area contributed by atoms with E-state index in [4.69, 9.17) is 10.5 Å². The van der Waals surface area contributed by atoms with Gasteiger partial charge in [-0.25, -0.2) is 13.5 Å². The smallest absolute Gasteiger partial charge is 0.184 e. The van der Waals surface area contributed by atoms with E-state index in [1.807, 2.05) is 13.8 Å². The lowest BCUT2D eigenvalue weighted by Gasteiger charge is -2.28. The lowest BCUT2D eigenvalue weighted by molar-refractivity contribution is 0.0706. The van der Waals surface area contributed by atoms with Crippen molar-refractivity contribution in [2.75, 3.05) is 12.3 Å². The summed E-state index contributed by atoms with van der Waals surface area (Å²) in [4.78, 5) is 0. The van der Waals surface area contributed by atoms with E-state index in [2.05, 4.69) is 15.5 Å². The molecule has 2 atom stereocenters. The highest BCUT2D eigenvalue weighted by Gasteiger charge is 2.42. The van der Waals surface area contributed by atoms with Crippen LogP contribution in [0.25, 0.3) is 11.4 Å². The highest BCUT2D eigenvalue weighted by Crippen LogP contribution is 2.36. The van der Waals surface area contributed by atoms with Gasteiger partial charge in [-0.1, -0.05) is 0 Å². The van der Waals surface area contributed by atoms with Crippen LogP contribution in [-0.2, 0) is 10.3 Å². The van der Waals surface area contributed by atoms with Gasteiger partial charge in [0, 0.05) is 23.9 Å². The van der Waals surface area contributed by atoms with E-state index in [1.165, 1.54) is 0 Å². The lowest BCUT2D eigenvalue weighted by atomic mass is 9.94. The van der Waals surface area contributed by atoms with Crippen molar-refractivity contribution in [3.8, 4) is 11.4 Å². The zero-order valence-electron chi connectivity index (χ0n) is 11.7. The first kappa shape index (κ1) is 13.9. The molecule has 2 N–H and O–H groups in total. The molecule has 2 unspecified atom stereocenters. The van der Waals surface area contributed by atoms with Gasteiger partial charge in [-0.3, -0.25) is 0 Å². The van der Waals surface area contributed by atoms with Crippen LogP contribution in [0.5, 0.6) is 0 Å². The van der Waals surface area contributed by atoms with Crippen molar-refractivity contribution in [3.05, 3.63) is 23.8 Å². The van der Waals surface area contributed by atoms with Crippen LogP contribution < -0.4 is 5.73 Å². The predicted molar refractivity (Wildman–Crippen MR) is 71.3 cm³/mol. The molecule has 1 fully saturated rings. The number of anilines is 1. The zero-order valence-corrected chi connectivity index (χ0v) is 11.7. The molecular formula is C13H15F2N5O. The fourth-order valence-electron chi connectivity index (χ4n) is 2.56. The Balaban J connectivity index is 2.14. The first-order valence-corrected chi connectivity index (χ1v) is 6.59. The fourth-order valence-corrected chi connectivity index (χ4v) is 2.56. The number of hydrogen-bond acceptors (Lipinski definition) is 5. The highest BCUT2D eigenvalue weighted by atomic mass is 19.2. The summed E-state index contributed by atoms with van der Waals surface area (Å²) >= 11 is 0. The molecule has 0 saturated carbocycles. The molecule has 0 aliphatic carbocycles. The van der Waals surface area contributed by atoms with Crippen molar-refractivity contribution in [1.29, 1.82) is 0 Å². The van der Waals surface area contributed by atoms with Gasteiger partial charge in [0.25, 0.3) is 0 Å². The molecule has 1 aromatic carbocycles. The second-order valence-corrected chi connectivity index (χ2v) is 5.39.